The summed E-state index contributed by atoms with van der Waals surface area (Å²) in [5, 5.41) is 2.52. The van der Waals surface area contributed by atoms with Crippen LogP contribution in [-0.2, 0) is 16.1 Å². The largest absolute Gasteiger partial charge is 0.465 e. The highest BCUT2D eigenvalue weighted by atomic mass is 19.1. The topological polar surface area (TPSA) is 88.9 Å². The second kappa shape index (κ2) is 8.27. The number of esters is 1. The van der Waals surface area contributed by atoms with Crippen molar-refractivity contribution in [1.29, 1.82) is 0 Å². The molecule has 8 heteroatoms. The van der Waals surface area contributed by atoms with Gasteiger partial charge in [-0.3, -0.25) is 9.69 Å². The van der Waals surface area contributed by atoms with Crippen molar-refractivity contribution in [2.45, 2.75) is 6.54 Å². The Labute approximate surface area is 176 Å². The van der Waals surface area contributed by atoms with Crippen molar-refractivity contribution in [1.82, 2.24) is 10.2 Å². The summed E-state index contributed by atoms with van der Waals surface area (Å²) >= 11 is 0. The van der Waals surface area contributed by atoms with Gasteiger partial charge in [0.25, 0.3) is 5.91 Å². The van der Waals surface area contributed by atoms with Crippen LogP contribution < -0.4 is 5.32 Å². The lowest BCUT2D eigenvalue weighted by molar-refractivity contribution is -0.123. The first-order chi connectivity index (χ1) is 14.9. The number of carbonyl (C=O) groups is 3. The fraction of sp³-hybridized carbons (Fsp3) is 0.0870. The average molecular weight is 420 g/mol. The predicted molar refractivity (Wildman–Crippen MR) is 109 cm³/mol. The van der Waals surface area contributed by atoms with Gasteiger partial charge in [0, 0.05) is 11.6 Å². The molecular formula is C23H17FN2O5. The Balaban J connectivity index is 1.50. The first kappa shape index (κ1) is 20.1. The first-order valence-corrected chi connectivity index (χ1v) is 9.32. The molecule has 31 heavy (non-hydrogen) atoms. The molecule has 4 rings (SSSR count). The van der Waals surface area contributed by atoms with Gasteiger partial charge < -0.3 is 14.5 Å². The molecule has 0 atom stereocenters. The lowest BCUT2D eigenvalue weighted by atomic mass is 10.1. The van der Waals surface area contributed by atoms with E-state index in [1.165, 1.54) is 37.5 Å². The maximum absolute atomic E-state index is 13.1. The third-order valence-electron chi connectivity index (χ3n) is 4.72. The Hall–Kier alpha value is -4.20. The van der Waals surface area contributed by atoms with Crippen LogP contribution in [0, 0.1) is 5.82 Å². The highest BCUT2D eigenvalue weighted by molar-refractivity contribution is 6.13. The van der Waals surface area contributed by atoms with E-state index in [2.05, 4.69) is 10.1 Å². The van der Waals surface area contributed by atoms with Crippen molar-refractivity contribution in [3.8, 4) is 11.3 Å². The summed E-state index contributed by atoms with van der Waals surface area (Å²) in [5.74, 6) is -0.426. The second-order valence-electron chi connectivity index (χ2n) is 6.78. The molecule has 0 radical (unpaired) electrons. The molecule has 1 aromatic heterocycles. The van der Waals surface area contributed by atoms with Gasteiger partial charge in [-0.25, -0.2) is 14.0 Å². The van der Waals surface area contributed by atoms with Crippen molar-refractivity contribution in [3.63, 3.8) is 0 Å². The second-order valence-corrected chi connectivity index (χ2v) is 6.78. The number of amides is 3. The Morgan fingerprint density at radius 2 is 1.77 bits per heavy atom. The molecule has 1 saturated heterocycles. The average Bonchev–Trinajstić information content (AvgIpc) is 3.35. The molecule has 3 aromatic rings. The van der Waals surface area contributed by atoms with Crippen LogP contribution >= 0.6 is 0 Å². The van der Waals surface area contributed by atoms with E-state index in [1.54, 1.807) is 36.4 Å². The van der Waals surface area contributed by atoms with Gasteiger partial charge in [0.15, 0.2) is 0 Å². The Morgan fingerprint density at radius 3 is 2.45 bits per heavy atom. The van der Waals surface area contributed by atoms with E-state index >= 15 is 0 Å². The normalized spacial score (nSPS) is 14.8. The number of hydrogen-bond acceptors (Lipinski definition) is 5. The minimum atomic E-state index is -0.564. The number of ether oxygens (including phenoxy) is 1. The van der Waals surface area contributed by atoms with Gasteiger partial charge in [-0.15, -0.1) is 0 Å². The zero-order valence-corrected chi connectivity index (χ0v) is 16.4. The fourth-order valence-corrected chi connectivity index (χ4v) is 3.10. The number of nitrogens with one attached hydrogen (secondary N) is 1. The molecule has 0 bridgehead atoms. The number of hydrogen-bond donors (Lipinski definition) is 1. The van der Waals surface area contributed by atoms with Gasteiger partial charge in [-0.1, -0.05) is 24.3 Å². The standard InChI is InChI=1S/C23H17FN2O5/c1-30-22(28)16-6-4-15(5-7-16)20-11-10-18(31-20)12-19-21(27)26(23(29)25-19)13-14-2-8-17(24)9-3-14/h2-12H,13H2,1H3,(H,25,29). The van der Waals surface area contributed by atoms with Crippen LogP contribution in [0.1, 0.15) is 21.7 Å². The van der Waals surface area contributed by atoms with Crippen LogP contribution in [0.4, 0.5) is 9.18 Å². The maximum Gasteiger partial charge on any atom is 0.337 e. The number of furan rings is 1. The van der Waals surface area contributed by atoms with Gasteiger partial charge in [0.1, 0.15) is 23.0 Å². The molecule has 1 N–H and O–H groups in total. The van der Waals surface area contributed by atoms with Crippen LogP contribution in [-0.4, -0.2) is 29.9 Å². The molecule has 1 aliphatic heterocycles. The molecule has 1 aliphatic rings. The highest BCUT2D eigenvalue weighted by Crippen LogP contribution is 2.25. The number of benzene rings is 2. The summed E-state index contributed by atoms with van der Waals surface area (Å²) < 4.78 is 23.5. The Kier molecular flexibility index (Phi) is 5.36. The zero-order valence-electron chi connectivity index (χ0n) is 16.4. The maximum atomic E-state index is 13.1. The zero-order chi connectivity index (χ0) is 22.0. The molecule has 1 fully saturated rings. The number of halogens is 1. The third-order valence-corrected chi connectivity index (χ3v) is 4.72. The van der Waals surface area contributed by atoms with E-state index in [0.29, 0.717) is 22.6 Å². The minimum Gasteiger partial charge on any atom is -0.465 e. The number of nitrogens with zero attached hydrogens (tertiary/aromatic N) is 1. The molecular weight excluding hydrogens is 403 g/mol. The Morgan fingerprint density at radius 1 is 1.06 bits per heavy atom. The Bertz CT molecular complexity index is 1180. The molecule has 3 amide bonds. The molecule has 0 unspecified atom stereocenters. The van der Waals surface area contributed by atoms with E-state index < -0.39 is 23.7 Å². The van der Waals surface area contributed by atoms with Gasteiger partial charge in [0.05, 0.1) is 19.2 Å². The number of imide groups is 1. The van der Waals surface area contributed by atoms with Crippen molar-refractivity contribution < 1.29 is 27.9 Å². The van der Waals surface area contributed by atoms with E-state index in [0.717, 1.165) is 10.5 Å². The number of urea groups is 1. The smallest absolute Gasteiger partial charge is 0.337 e. The lowest BCUT2D eigenvalue weighted by Gasteiger charge is -2.11. The van der Waals surface area contributed by atoms with E-state index in [4.69, 9.17) is 4.42 Å². The van der Waals surface area contributed by atoms with Crippen molar-refractivity contribution >= 4 is 24.0 Å². The number of rotatable bonds is 5. The SMILES string of the molecule is COC(=O)c1ccc(-c2ccc(C=C3NC(=O)N(Cc4ccc(F)cc4)C3=O)o2)cc1. The lowest BCUT2D eigenvalue weighted by Crippen LogP contribution is -2.30. The van der Waals surface area contributed by atoms with Crippen LogP contribution in [0.15, 0.2) is 70.8 Å². The number of methoxy groups -OCH3 is 1. The van der Waals surface area contributed by atoms with Crippen LogP contribution in [0.5, 0.6) is 0 Å². The quantitative estimate of drug-likeness (QED) is 0.383. The molecule has 156 valence electrons. The van der Waals surface area contributed by atoms with Crippen LogP contribution in [0.25, 0.3) is 17.4 Å². The van der Waals surface area contributed by atoms with E-state index in [1.807, 2.05) is 0 Å². The molecule has 0 saturated carbocycles. The molecule has 2 aromatic carbocycles. The van der Waals surface area contributed by atoms with Crippen LogP contribution in [0.3, 0.4) is 0 Å². The highest BCUT2D eigenvalue weighted by Gasteiger charge is 2.33. The van der Waals surface area contributed by atoms with Gasteiger partial charge >= 0.3 is 12.0 Å². The van der Waals surface area contributed by atoms with Gasteiger partial charge in [-0.05, 0) is 42.0 Å². The minimum absolute atomic E-state index is 0.0260. The van der Waals surface area contributed by atoms with Crippen molar-refractivity contribution in [3.05, 3.63) is 89.1 Å². The summed E-state index contributed by atoms with van der Waals surface area (Å²) in [6.07, 6.45) is 1.44. The molecule has 2 heterocycles. The summed E-state index contributed by atoms with van der Waals surface area (Å²) in [6, 6.07) is 15.1. The fourth-order valence-electron chi connectivity index (χ4n) is 3.10. The van der Waals surface area contributed by atoms with Gasteiger partial charge in [0.2, 0.25) is 0 Å². The summed E-state index contributed by atoms with van der Waals surface area (Å²) in [7, 11) is 1.31. The number of carbonyl (C=O) groups excluding carboxylic acids is 3. The monoisotopic (exact) mass is 420 g/mol. The van der Waals surface area contributed by atoms with Crippen LogP contribution in [0.2, 0.25) is 0 Å². The summed E-state index contributed by atoms with van der Waals surface area (Å²) in [4.78, 5) is 37.4. The summed E-state index contributed by atoms with van der Waals surface area (Å²) in [5.41, 5.74) is 1.86. The van der Waals surface area contributed by atoms with E-state index in [9.17, 15) is 18.8 Å². The molecule has 0 spiro atoms. The third kappa shape index (κ3) is 4.23. The van der Waals surface area contributed by atoms with Crippen molar-refractivity contribution in [2.75, 3.05) is 7.11 Å². The van der Waals surface area contributed by atoms with E-state index in [-0.39, 0.29) is 12.2 Å². The predicted octanol–water partition coefficient (Wildman–Crippen LogP) is 3.97. The first-order valence-electron chi connectivity index (χ1n) is 9.32. The molecule has 7 nitrogen and oxygen atoms in total. The summed E-state index contributed by atoms with van der Waals surface area (Å²) in [6.45, 7) is 0.0260. The molecule has 0 aliphatic carbocycles. The van der Waals surface area contributed by atoms with Crippen molar-refractivity contribution in [2.24, 2.45) is 0 Å². The van der Waals surface area contributed by atoms with Gasteiger partial charge in [-0.2, -0.15) is 0 Å².